The van der Waals surface area contributed by atoms with E-state index < -0.39 is 35.7 Å². The van der Waals surface area contributed by atoms with E-state index in [2.05, 4.69) is 21.4 Å². The lowest BCUT2D eigenvalue weighted by atomic mass is 9.90. The van der Waals surface area contributed by atoms with Crippen LogP contribution in [0.4, 0.5) is 5.69 Å². The van der Waals surface area contributed by atoms with E-state index in [0.717, 1.165) is 20.5 Å². The molecule has 9 heteroatoms. The van der Waals surface area contributed by atoms with Crippen molar-refractivity contribution in [2.75, 3.05) is 4.90 Å². The van der Waals surface area contributed by atoms with Crippen molar-refractivity contribution in [3.63, 3.8) is 0 Å². The zero-order valence-corrected chi connectivity index (χ0v) is 20.9. The Morgan fingerprint density at radius 3 is 2.38 bits per heavy atom. The van der Waals surface area contributed by atoms with Crippen molar-refractivity contribution in [2.24, 2.45) is 5.92 Å². The quantitative estimate of drug-likeness (QED) is 0.441. The summed E-state index contributed by atoms with van der Waals surface area (Å²) in [6.45, 7) is 1.96. The molecule has 3 aromatic rings. The number of hydrogen-bond acceptors (Lipinski definition) is 4. The molecule has 172 valence electrons. The number of anilines is 1. The largest absolute Gasteiger partial charge is 0.274 e. The van der Waals surface area contributed by atoms with E-state index in [0.29, 0.717) is 10.6 Å². The van der Waals surface area contributed by atoms with Crippen LogP contribution in [0, 0.1) is 12.8 Å². The third kappa shape index (κ3) is 3.82. The smallest absolute Gasteiger partial charge is 0.268 e. The van der Waals surface area contributed by atoms with Gasteiger partial charge in [0.2, 0.25) is 5.91 Å². The molecule has 0 spiro atoms. The van der Waals surface area contributed by atoms with Gasteiger partial charge in [-0.05, 0) is 48.9 Å². The predicted molar refractivity (Wildman–Crippen MR) is 134 cm³/mol. The number of carbonyl (C=O) groups is 3. The van der Waals surface area contributed by atoms with Crippen molar-refractivity contribution in [3.8, 4) is 0 Å². The fourth-order valence-electron chi connectivity index (χ4n) is 4.49. The van der Waals surface area contributed by atoms with Gasteiger partial charge in [-0.15, -0.1) is 0 Å². The lowest BCUT2D eigenvalue weighted by Crippen LogP contribution is -2.48. The first kappa shape index (κ1) is 23.1. The summed E-state index contributed by atoms with van der Waals surface area (Å²) < 4.78 is 0.729. The van der Waals surface area contributed by atoms with Crippen LogP contribution in [0.1, 0.15) is 27.5 Å². The number of fused-ring (bicyclic) bond motifs is 1. The average Bonchev–Trinajstić information content (AvgIpc) is 3.31. The second kappa shape index (κ2) is 8.82. The first-order valence-corrected chi connectivity index (χ1v) is 12.1. The fourth-order valence-corrected chi connectivity index (χ4v) is 5.38. The lowest BCUT2D eigenvalue weighted by molar-refractivity contribution is -0.123. The van der Waals surface area contributed by atoms with Gasteiger partial charge < -0.3 is 0 Å². The maximum absolute atomic E-state index is 13.7. The summed E-state index contributed by atoms with van der Waals surface area (Å²) in [5.41, 5.74) is 5.64. The van der Waals surface area contributed by atoms with Crippen molar-refractivity contribution in [3.05, 3.63) is 97.9 Å². The molecule has 2 saturated heterocycles. The van der Waals surface area contributed by atoms with Crippen LogP contribution < -0.4 is 10.3 Å². The summed E-state index contributed by atoms with van der Waals surface area (Å²) in [6.07, 6.45) is 0. The van der Waals surface area contributed by atoms with Crippen LogP contribution >= 0.6 is 39.1 Å². The summed E-state index contributed by atoms with van der Waals surface area (Å²) in [7, 11) is 0. The minimum atomic E-state index is -1.03. The monoisotopic (exact) mass is 557 g/mol. The molecule has 5 rings (SSSR count). The van der Waals surface area contributed by atoms with Crippen molar-refractivity contribution < 1.29 is 14.4 Å². The van der Waals surface area contributed by atoms with Crippen LogP contribution in [0.15, 0.2) is 71.2 Å². The SMILES string of the molecule is Cc1ccc([C@@H]2NN(C(=O)c3cccc(Br)c3)[C@@H]3C(=O)N(c4ccc(Cl)cc4Cl)C(=O)[C@@H]32)cc1. The average molecular weight is 559 g/mol. The third-order valence-electron chi connectivity index (χ3n) is 6.11. The number of carbonyl (C=O) groups excluding carboxylic acids is 3. The summed E-state index contributed by atoms with van der Waals surface area (Å²) in [5, 5.41) is 1.85. The predicted octanol–water partition coefficient (Wildman–Crippen LogP) is 5.32. The molecule has 0 radical (unpaired) electrons. The van der Waals surface area contributed by atoms with Gasteiger partial charge in [-0.2, -0.15) is 0 Å². The van der Waals surface area contributed by atoms with Gasteiger partial charge in [-0.25, -0.2) is 10.3 Å². The number of nitrogens with zero attached hydrogens (tertiary/aromatic N) is 2. The topological polar surface area (TPSA) is 69.7 Å². The van der Waals surface area contributed by atoms with Gasteiger partial charge in [-0.1, -0.05) is 75.0 Å². The van der Waals surface area contributed by atoms with Crippen molar-refractivity contribution in [1.82, 2.24) is 10.4 Å². The molecule has 0 unspecified atom stereocenters. The van der Waals surface area contributed by atoms with Crippen LogP contribution in [-0.2, 0) is 9.59 Å². The number of halogens is 3. The van der Waals surface area contributed by atoms with Crippen molar-refractivity contribution >= 4 is 62.5 Å². The minimum Gasteiger partial charge on any atom is -0.274 e. The molecule has 3 atom stereocenters. The highest BCUT2D eigenvalue weighted by Crippen LogP contribution is 2.44. The zero-order valence-electron chi connectivity index (χ0n) is 17.8. The Morgan fingerprint density at radius 1 is 0.971 bits per heavy atom. The van der Waals surface area contributed by atoms with Gasteiger partial charge in [0.05, 0.1) is 22.7 Å². The Kier molecular flexibility index (Phi) is 5.98. The van der Waals surface area contributed by atoms with E-state index in [1.807, 2.05) is 31.2 Å². The van der Waals surface area contributed by atoms with E-state index in [1.165, 1.54) is 17.1 Å². The molecule has 0 aliphatic carbocycles. The highest BCUT2D eigenvalue weighted by Gasteiger charge is 2.60. The zero-order chi connectivity index (χ0) is 24.1. The maximum atomic E-state index is 13.7. The van der Waals surface area contributed by atoms with Crippen molar-refractivity contribution in [2.45, 2.75) is 19.0 Å². The maximum Gasteiger partial charge on any atom is 0.268 e. The molecular formula is C25H18BrCl2N3O3. The molecule has 6 nitrogen and oxygen atoms in total. The summed E-state index contributed by atoms with van der Waals surface area (Å²) in [5.74, 6) is -2.18. The molecule has 0 saturated carbocycles. The first-order chi connectivity index (χ1) is 16.3. The number of nitrogens with one attached hydrogen (secondary N) is 1. The molecule has 2 heterocycles. The fraction of sp³-hybridized carbons (Fsp3) is 0.160. The minimum absolute atomic E-state index is 0.180. The van der Waals surface area contributed by atoms with Gasteiger partial charge in [0.15, 0.2) is 0 Å². The number of hydrazine groups is 1. The van der Waals surface area contributed by atoms with Gasteiger partial charge in [0.25, 0.3) is 11.8 Å². The highest BCUT2D eigenvalue weighted by molar-refractivity contribution is 9.10. The number of hydrogen-bond donors (Lipinski definition) is 1. The first-order valence-electron chi connectivity index (χ1n) is 10.5. The van der Waals surface area contributed by atoms with Crippen molar-refractivity contribution in [1.29, 1.82) is 0 Å². The molecular weight excluding hydrogens is 541 g/mol. The van der Waals surface area contributed by atoms with Crippen LogP contribution in [0.25, 0.3) is 0 Å². The second-order valence-corrected chi connectivity index (χ2v) is 10.0. The highest BCUT2D eigenvalue weighted by atomic mass is 79.9. The van der Waals surface area contributed by atoms with Gasteiger partial charge >= 0.3 is 0 Å². The van der Waals surface area contributed by atoms with Gasteiger partial charge in [-0.3, -0.25) is 19.4 Å². The molecule has 34 heavy (non-hydrogen) atoms. The van der Waals surface area contributed by atoms with E-state index in [-0.39, 0.29) is 10.7 Å². The Labute approximate surface area is 214 Å². The summed E-state index contributed by atoms with van der Waals surface area (Å²) in [4.78, 5) is 41.9. The second-order valence-electron chi connectivity index (χ2n) is 8.28. The Hall–Kier alpha value is -2.71. The lowest BCUT2D eigenvalue weighted by Gasteiger charge is -2.25. The number of amides is 3. The van der Waals surface area contributed by atoms with Crippen LogP contribution in [-0.4, -0.2) is 28.8 Å². The Morgan fingerprint density at radius 2 is 1.71 bits per heavy atom. The summed E-state index contributed by atoms with van der Waals surface area (Å²) in [6, 6.07) is 17.5. The standard InChI is InChI=1S/C25H18BrCl2N3O3/c1-13-5-7-14(8-6-13)21-20-22(31(29-21)23(32)15-3-2-4-16(26)11-15)25(34)30(24(20)33)19-10-9-17(27)12-18(19)28/h2-12,20-22,29H,1H3/t20-,21+,22+/m1/s1. The van der Waals surface area contributed by atoms with E-state index in [4.69, 9.17) is 23.2 Å². The summed E-state index contributed by atoms with van der Waals surface area (Å²) >= 11 is 15.7. The Bertz CT molecular complexity index is 1330. The van der Waals surface area contributed by atoms with Crippen LogP contribution in [0.5, 0.6) is 0 Å². The van der Waals surface area contributed by atoms with Crippen LogP contribution in [0.2, 0.25) is 10.0 Å². The van der Waals surface area contributed by atoms with Gasteiger partial charge in [0.1, 0.15) is 6.04 Å². The molecule has 1 N–H and O–H groups in total. The molecule has 2 aliphatic heterocycles. The third-order valence-corrected chi connectivity index (χ3v) is 7.14. The molecule has 0 aromatic heterocycles. The van der Waals surface area contributed by atoms with E-state index in [1.54, 1.807) is 30.3 Å². The Balaban J connectivity index is 1.60. The number of benzene rings is 3. The molecule has 2 aliphatic rings. The van der Waals surface area contributed by atoms with Crippen LogP contribution in [0.3, 0.4) is 0 Å². The number of rotatable bonds is 3. The molecule has 0 bridgehead atoms. The molecule has 3 amide bonds. The van der Waals surface area contributed by atoms with E-state index in [9.17, 15) is 14.4 Å². The van der Waals surface area contributed by atoms with E-state index >= 15 is 0 Å². The van der Waals surface area contributed by atoms with Gasteiger partial charge in [0, 0.05) is 15.1 Å². The molecule has 2 fully saturated rings. The number of imide groups is 1. The number of aryl methyl sites for hydroxylation is 1. The molecule has 3 aromatic carbocycles. The normalized spacial score (nSPS) is 21.8.